The molecular weight excluding hydrogens is 1000 g/mol. The van der Waals surface area contributed by atoms with Gasteiger partial charge in [-0.25, -0.2) is 28.3 Å². The van der Waals surface area contributed by atoms with E-state index in [1.807, 2.05) is 27.5 Å². The number of carbonyl (C=O) groups excluding carboxylic acids is 5. The second-order valence-electron chi connectivity index (χ2n) is 17.9. The van der Waals surface area contributed by atoms with E-state index in [-0.39, 0.29) is 74.0 Å². The fraction of sp³-hybridized carbons (Fsp3) is 0.340. The van der Waals surface area contributed by atoms with E-state index >= 15 is 4.39 Å². The van der Waals surface area contributed by atoms with Crippen LogP contribution in [0.25, 0.3) is 10.9 Å². The van der Waals surface area contributed by atoms with Gasteiger partial charge in [0, 0.05) is 39.7 Å². The maximum atomic E-state index is 15.6. The van der Waals surface area contributed by atoms with Crippen LogP contribution in [0.3, 0.4) is 0 Å². The SMILES string of the molecule is CON=C(C(=O)N[C@@H]1C(=O)N2C(C(=O)OCc3ccc(OC)cc3)=C(C[n+]3ccc4c(ccn4Cc4c(F)cc(C(N)=NC(=O)OC(C)(C)C)cc4Cl)c3)CS[C@H]12)c1nc(NC(=O)OC(C)(C)C)sc1Cl. The Bertz CT molecular complexity index is 3000. The number of thiazole rings is 1. The maximum absolute atomic E-state index is 15.6. The largest absolute Gasteiger partial charge is 0.497 e. The van der Waals surface area contributed by atoms with Crippen molar-refractivity contribution in [1.29, 1.82) is 0 Å². The number of β-lactam (4-membered cyclic amide) rings is 1. The molecule has 1 fully saturated rings. The predicted octanol–water partition coefficient (Wildman–Crippen LogP) is 7.32. The summed E-state index contributed by atoms with van der Waals surface area (Å²) in [5.74, 6) is -2.23. The molecule has 0 bridgehead atoms. The number of hydrogen-bond donors (Lipinski definition) is 3. The third-order valence-corrected chi connectivity index (χ3v) is 13.2. The molecule has 2 atom stereocenters. The van der Waals surface area contributed by atoms with Crippen molar-refractivity contribution in [3.63, 3.8) is 0 Å². The number of rotatable bonds is 14. The summed E-state index contributed by atoms with van der Waals surface area (Å²) in [4.78, 5) is 81.0. The Balaban J connectivity index is 1.11. The van der Waals surface area contributed by atoms with Crippen molar-refractivity contribution >= 4 is 104 Å². The summed E-state index contributed by atoms with van der Waals surface area (Å²) in [5.41, 5.74) is 6.22. The van der Waals surface area contributed by atoms with Crippen molar-refractivity contribution in [2.45, 2.75) is 83.9 Å². The number of hydrogen-bond acceptors (Lipinski definition) is 14. The highest BCUT2D eigenvalue weighted by atomic mass is 35.5. The first-order chi connectivity index (χ1) is 33.5. The average Bonchev–Trinajstić information content (AvgIpc) is 3.87. The number of nitrogens with one attached hydrogen (secondary N) is 2. The molecule has 0 aliphatic carbocycles. The monoisotopic (exact) mass is 1050 g/mol. The number of nitrogens with two attached hydrogens (primary N) is 1. The van der Waals surface area contributed by atoms with E-state index in [0.29, 0.717) is 16.9 Å². The van der Waals surface area contributed by atoms with Crippen LogP contribution in [-0.4, -0.2) is 98.6 Å². The number of fused-ring (bicyclic) bond motifs is 2. The van der Waals surface area contributed by atoms with Gasteiger partial charge in [0.15, 0.2) is 29.8 Å². The highest BCUT2D eigenvalue weighted by Crippen LogP contribution is 2.41. The zero-order valence-electron chi connectivity index (χ0n) is 39.6. The second kappa shape index (κ2) is 21.3. The van der Waals surface area contributed by atoms with Crippen LogP contribution in [0.2, 0.25) is 9.36 Å². The molecule has 4 amide bonds. The normalized spacial score (nSPS) is 16.3. The first-order valence-corrected chi connectivity index (χ1v) is 24.2. The predicted molar refractivity (Wildman–Crippen MR) is 265 cm³/mol. The van der Waals surface area contributed by atoms with Gasteiger partial charge < -0.3 is 39.4 Å². The molecule has 5 aromatic rings. The smallest absolute Gasteiger partial charge is 0.436 e. The van der Waals surface area contributed by atoms with Gasteiger partial charge in [-0.15, -0.1) is 11.8 Å². The first kappa shape index (κ1) is 52.1. The number of amidine groups is 1. The van der Waals surface area contributed by atoms with Crippen molar-refractivity contribution in [2.75, 3.05) is 25.3 Å². The molecule has 374 valence electrons. The molecule has 4 N–H and O–H groups in total. The lowest BCUT2D eigenvalue weighted by molar-refractivity contribution is -0.687. The number of thioether (sulfide) groups is 1. The summed E-state index contributed by atoms with van der Waals surface area (Å²) in [6.07, 6.45) is 3.69. The first-order valence-electron chi connectivity index (χ1n) is 21.6. The molecule has 2 aliphatic heterocycles. The van der Waals surface area contributed by atoms with Gasteiger partial charge in [0.05, 0.1) is 24.6 Å². The van der Waals surface area contributed by atoms with Crippen LogP contribution in [0.1, 0.15) is 63.9 Å². The molecule has 0 unspecified atom stereocenters. The molecule has 5 heterocycles. The minimum atomic E-state index is -1.11. The third kappa shape index (κ3) is 12.4. The Morgan fingerprint density at radius 3 is 2.39 bits per heavy atom. The van der Waals surface area contributed by atoms with Gasteiger partial charge in [-0.1, -0.05) is 51.8 Å². The van der Waals surface area contributed by atoms with Crippen LogP contribution in [0, 0.1) is 5.82 Å². The van der Waals surface area contributed by atoms with Crippen molar-refractivity contribution in [3.8, 4) is 5.75 Å². The number of carbonyl (C=O) groups is 5. The van der Waals surface area contributed by atoms with Gasteiger partial charge in [-0.2, -0.15) is 4.99 Å². The standard InChI is InChI=1S/C47H48Cl2FN9O10S2/c1-46(2,3)68-44(63)54-38(51)26-17-30(48)29(31(50)18-26)21-58-16-13-25-19-57(15-14-32(25)58)20-27-23-70-41-35(40(61)59(41)36(27)42(62)67-22-24-9-11-28(65-7)12-10-24)52-39(60)34(56-66-8)33-37(49)71-43(53-33)55-45(64)69-47(4,5)6/h9-19,35,41H,20-23H2,1-8H3,(H3-,51,52,53,54,55,60,63,64)/p+1/t35-,41-/m1/s1. The zero-order valence-corrected chi connectivity index (χ0v) is 42.8. The fourth-order valence-electron chi connectivity index (χ4n) is 7.28. The molecular formula is C47H49Cl2FN9O10S2+. The number of ether oxygens (including phenoxy) is 4. The van der Waals surface area contributed by atoms with E-state index in [2.05, 4.69) is 25.8 Å². The maximum Gasteiger partial charge on any atom is 0.436 e. The number of esters is 1. The molecule has 7 rings (SSSR count). The topological polar surface area (TPSA) is 231 Å². The van der Waals surface area contributed by atoms with Crippen molar-refractivity contribution in [2.24, 2.45) is 15.9 Å². The summed E-state index contributed by atoms with van der Waals surface area (Å²) in [7, 11) is 2.75. The quantitative estimate of drug-likeness (QED) is 0.0188. The average molecular weight is 1050 g/mol. The Kier molecular flexibility index (Phi) is 15.6. The summed E-state index contributed by atoms with van der Waals surface area (Å²) >= 11 is 15.2. The van der Waals surface area contributed by atoms with Gasteiger partial charge in [0.1, 0.15) is 69.5 Å². The lowest BCUT2D eigenvalue weighted by Gasteiger charge is -2.49. The minimum absolute atomic E-state index is 0.00282. The lowest BCUT2D eigenvalue weighted by atomic mass is 10.0. The summed E-state index contributed by atoms with van der Waals surface area (Å²) in [6, 6.07) is 12.1. The Hall–Kier alpha value is -6.75. The number of halogens is 3. The highest BCUT2D eigenvalue weighted by Gasteiger charge is 2.55. The molecule has 19 nitrogen and oxygen atoms in total. The molecule has 2 aliphatic rings. The second-order valence-corrected chi connectivity index (χ2v) is 21.0. The number of anilines is 1. The van der Waals surface area contributed by atoms with Crippen molar-refractivity contribution in [3.05, 3.63) is 116 Å². The number of aromatic nitrogens is 3. The zero-order chi connectivity index (χ0) is 51.5. The molecule has 24 heteroatoms. The Morgan fingerprint density at radius 1 is 1.01 bits per heavy atom. The Morgan fingerprint density at radius 2 is 1.73 bits per heavy atom. The van der Waals surface area contributed by atoms with Crippen LogP contribution in [-0.2, 0) is 53.1 Å². The summed E-state index contributed by atoms with van der Waals surface area (Å²) < 4.78 is 40.8. The molecule has 71 heavy (non-hydrogen) atoms. The fourth-order valence-corrected chi connectivity index (χ4v) is 9.92. The van der Waals surface area contributed by atoms with Crippen LogP contribution in [0.5, 0.6) is 5.75 Å². The van der Waals surface area contributed by atoms with Gasteiger partial charge in [0.2, 0.25) is 0 Å². The van der Waals surface area contributed by atoms with Crippen molar-refractivity contribution < 1.29 is 56.7 Å². The summed E-state index contributed by atoms with van der Waals surface area (Å²) in [5, 5.41) is 9.15. The van der Waals surface area contributed by atoms with Crippen LogP contribution < -0.4 is 25.7 Å². The van der Waals surface area contributed by atoms with Crippen LogP contribution in [0.4, 0.5) is 19.1 Å². The molecule has 0 radical (unpaired) electrons. The van der Waals surface area contributed by atoms with Gasteiger partial charge >= 0.3 is 18.2 Å². The number of amides is 4. The summed E-state index contributed by atoms with van der Waals surface area (Å²) in [6.45, 7) is 10.2. The van der Waals surface area contributed by atoms with E-state index in [4.69, 9.17) is 52.7 Å². The third-order valence-electron chi connectivity index (χ3n) is 10.4. The molecule has 1 saturated heterocycles. The highest BCUT2D eigenvalue weighted by molar-refractivity contribution is 8.00. The number of oxime groups is 1. The minimum Gasteiger partial charge on any atom is -0.497 e. The molecule has 0 spiro atoms. The number of benzene rings is 2. The molecule has 3 aromatic heterocycles. The van der Waals surface area contributed by atoms with Crippen LogP contribution >= 0.6 is 46.3 Å². The van der Waals surface area contributed by atoms with E-state index in [1.54, 1.807) is 78.2 Å². The van der Waals surface area contributed by atoms with E-state index in [9.17, 15) is 24.0 Å². The lowest BCUT2D eigenvalue weighted by Crippen LogP contribution is -2.71. The van der Waals surface area contributed by atoms with Gasteiger partial charge in [0.25, 0.3) is 11.8 Å². The van der Waals surface area contributed by atoms with E-state index < -0.39 is 58.4 Å². The Labute approximate surface area is 425 Å². The van der Waals surface area contributed by atoms with Gasteiger partial charge in [-0.05, 0) is 77.4 Å². The number of nitrogens with zero attached hydrogens (tertiary/aromatic N) is 6. The van der Waals surface area contributed by atoms with E-state index in [0.717, 1.165) is 28.3 Å². The van der Waals surface area contributed by atoms with E-state index in [1.165, 1.54) is 36.9 Å². The number of methoxy groups -OCH3 is 1. The molecule has 0 saturated carbocycles. The molecule has 2 aromatic carbocycles. The number of pyridine rings is 1. The van der Waals surface area contributed by atoms with Crippen molar-refractivity contribution in [1.82, 2.24) is 19.8 Å². The number of aliphatic imine (C=N–C) groups is 1. The van der Waals surface area contributed by atoms with Crippen LogP contribution in [0.15, 0.2) is 88.5 Å². The van der Waals surface area contributed by atoms with Gasteiger partial charge in [-0.3, -0.25) is 19.8 Å².